The molecule has 0 fully saturated rings. The van der Waals surface area contributed by atoms with E-state index < -0.39 is 0 Å². The van der Waals surface area contributed by atoms with Crippen LogP contribution in [0.2, 0.25) is 0 Å². The third-order valence-electron chi connectivity index (χ3n) is 5.59. The number of pyridine rings is 1. The van der Waals surface area contributed by atoms with Gasteiger partial charge in [0.1, 0.15) is 5.76 Å². The van der Waals surface area contributed by atoms with Crippen LogP contribution in [0.3, 0.4) is 0 Å². The van der Waals surface area contributed by atoms with E-state index in [4.69, 9.17) is 9.40 Å². The van der Waals surface area contributed by atoms with Gasteiger partial charge < -0.3 is 9.73 Å². The summed E-state index contributed by atoms with van der Waals surface area (Å²) in [7, 11) is 3.95. The summed E-state index contributed by atoms with van der Waals surface area (Å²) >= 11 is 0. The summed E-state index contributed by atoms with van der Waals surface area (Å²) in [5.41, 5.74) is 4.95. The number of fused-ring (bicyclic) bond motifs is 1. The summed E-state index contributed by atoms with van der Waals surface area (Å²) in [4.78, 5) is 19.8. The number of hydrogen-bond donors (Lipinski definition) is 1. The van der Waals surface area contributed by atoms with Gasteiger partial charge in [-0.05, 0) is 55.9 Å². The van der Waals surface area contributed by atoms with Gasteiger partial charge >= 0.3 is 0 Å². The number of nitrogens with zero attached hydrogens (tertiary/aromatic N) is 2. The molecule has 0 saturated heterocycles. The second-order valence-electron chi connectivity index (χ2n) is 7.91. The first-order valence-corrected chi connectivity index (χ1v) is 10.4. The molecule has 0 bridgehead atoms. The molecule has 0 aliphatic carbocycles. The Bertz CT molecular complexity index is 1170. The lowest BCUT2D eigenvalue weighted by Crippen LogP contribution is -2.35. The zero-order valence-corrected chi connectivity index (χ0v) is 18.1. The highest BCUT2D eigenvalue weighted by Gasteiger charge is 2.20. The maximum Gasteiger partial charge on any atom is 0.224 e. The van der Waals surface area contributed by atoms with E-state index in [1.165, 1.54) is 0 Å². The molecule has 2 aromatic heterocycles. The molecule has 4 rings (SSSR count). The predicted molar refractivity (Wildman–Crippen MR) is 124 cm³/mol. The number of nitrogens with one attached hydrogen (secondary N) is 1. The lowest BCUT2D eigenvalue weighted by molar-refractivity contribution is -0.120. The first-order valence-electron chi connectivity index (χ1n) is 10.4. The smallest absolute Gasteiger partial charge is 0.224 e. The van der Waals surface area contributed by atoms with Crippen molar-refractivity contribution in [2.45, 2.75) is 19.4 Å². The van der Waals surface area contributed by atoms with Gasteiger partial charge in [0.2, 0.25) is 5.91 Å². The molecule has 1 unspecified atom stereocenters. The molecule has 0 spiro atoms. The highest BCUT2D eigenvalue weighted by atomic mass is 16.3. The summed E-state index contributed by atoms with van der Waals surface area (Å²) in [5.74, 6) is 0.801. The summed E-state index contributed by atoms with van der Waals surface area (Å²) in [6, 6.07) is 22.1. The van der Waals surface area contributed by atoms with Crippen molar-refractivity contribution in [1.29, 1.82) is 0 Å². The Hall–Kier alpha value is -3.44. The normalized spacial score (nSPS) is 12.3. The average Bonchev–Trinajstić information content (AvgIpc) is 3.29. The molecule has 0 saturated carbocycles. The van der Waals surface area contributed by atoms with E-state index in [1.807, 2.05) is 74.4 Å². The largest absolute Gasteiger partial charge is 0.468 e. The zero-order valence-electron chi connectivity index (χ0n) is 18.1. The van der Waals surface area contributed by atoms with Crippen LogP contribution >= 0.6 is 0 Å². The number of carbonyl (C=O) groups excluding carboxylic acids is 1. The predicted octanol–water partition coefficient (Wildman–Crippen LogP) is 4.76. The Morgan fingerprint density at radius 2 is 1.77 bits per heavy atom. The third-order valence-corrected chi connectivity index (χ3v) is 5.59. The van der Waals surface area contributed by atoms with Gasteiger partial charge in [0.25, 0.3) is 0 Å². The number of benzene rings is 2. The standard InChI is InChI=1S/C26H27N3O2/c1-18-21(16-25(30)27-17-23(29(2)3)24-14-9-15-31-24)26(19-10-5-4-6-11-19)20-12-7-8-13-22(20)28-18/h4-15,23H,16-17H2,1-3H3,(H,27,30). The van der Waals surface area contributed by atoms with Crippen LogP contribution in [0.15, 0.2) is 77.4 Å². The molecule has 5 heteroatoms. The molecule has 2 heterocycles. The monoisotopic (exact) mass is 413 g/mol. The number of hydrogen-bond acceptors (Lipinski definition) is 4. The average molecular weight is 414 g/mol. The second-order valence-corrected chi connectivity index (χ2v) is 7.91. The Morgan fingerprint density at radius 3 is 2.48 bits per heavy atom. The Labute approximate surface area is 182 Å². The lowest BCUT2D eigenvalue weighted by Gasteiger charge is -2.23. The zero-order chi connectivity index (χ0) is 21.8. The minimum atomic E-state index is -0.0317. The Balaban J connectivity index is 1.63. The third kappa shape index (κ3) is 4.52. The molecule has 4 aromatic rings. The van der Waals surface area contributed by atoms with Crippen molar-refractivity contribution in [2.75, 3.05) is 20.6 Å². The number of amides is 1. The van der Waals surface area contributed by atoms with Gasteiger partial charge in [0, 0.05) is 17.6 Å². The maximum absolute atomic E-state index is 13.0. The van der Waals surface area contributed by atoms with Gasteiger partial charge in [-0.15, -0.1) is 0 Å². The van der Waals surface area contributed by atoms with Crippen LogP contribution in [-0.4, -0.2) is 36.4 Å². The number of likely N-dealkylation sites (N-methyl/N-ethyl adjacent to an activating group) is 1. The molecule has 5 nitrogen and oxygen atoms in total. The quantitative estimate of drug-likeness (QED) is 0.474. The van der Waals surface area contributed by atoms with Crippen molar-refractivity contribution in [2.24, 2.45) is 0 Å². The van der Waals surface area contributed by atoms with Crippen LogP contribution in [-0.2, 0) is 11.2 Å². The van der Waals surface area contributed by atoms with Crippen molar-refractivity contribution in [3.05, 3.63) is 90.0 Å². The number of aryl methyl sites for hydroxylation is 1. The number of furan rings is 1. The van der Waals surface area contributed by atoms with E-state index in [0.29, 0.717) is 6.54 Å². The molecular weight excluding hydrogens is 386 g/mol. The van der Waals surface area contributed by atoms with Crippen LogP contribution in [0.1, 0.15) is 23.1 Å². The fraction of sp³-hybridized carbons (Fsp3) is 0.231. The molecule has 0 aliphatic heterocycles. The van der Waals surface area contributed by atoms with E-state index in [9.17, 15) is 4.79 Å². The number of para-hydroxylation sites is 1. The summed E-state index contributed by atoms with van der Waals surface area (Å²) < 4.78 is 5.55. The van der Waals surface area contributed by atoms with E-state index in [-0.39, 0.29) is 18.4 Å². The minimum absolute atomic E-state index is 0.0247. The van der Waals surface area contributed by atoms with Gasteiger partial charge in [-0.1, -0.05) is 48.5 Å². The van der Waals surface area contributed by atoms with Gasteiger partial charge in [0.15, 0.2) is 0 Å². The maximum atomic E-state index is 13.0. The van der Waals surface area contributed by atoms with Crippen LogP contribution in [0.25, 0.3) is 22.0 Å². The van der Waals surface area contributed by atoms with Crippen molar-refractivity contribution < 1.29 is 9.21 Å². The molecule has 0 aliphatic rings. The molecule has 0 radical (unpaired) electrons. The number of carbonyl (C=O) groups is 1. The van der Waals surface area contributed by atoms with Gasteiger partial charge in [0.05, 0.1) is 24.2 Å². The van der Waals surface area contributed by atoms with Gasteiger partial charge in [-0.25, -0.2) is 0 Å². The van der Waals surface area contributed by atoms with Crippen molar-refractivity contribution >= 4 is 16.8 Å². The van der Waals surface area contributed by atoms with Crippen molar-refractivity contribution in [3.8, 4) is 11.1 Å². The summed E-state index contributed by atoms with van der Waals surface area (Å²) in [6.07, 6.45) is 1.93. The summed E-state index contributed by atoms with van der Waals surface area (Å²) in [6.45, 7) is 2.45. The molecule has 1 atom stereocenters. The highest BCUT2D eigenvalue weighted by Crippen LogP contribution is 2.33. The van der Waals surface area contributed by atoms with Crippen LogP contribution in [0.5, 0.6) is 0 Å². The topological polar surface area (TPSA) is 58.4 Å². The highest BCUT2D eigenvalue weighted by molar-refractivity contribution is 5.98. The fourth-order valence-electron chi connectivity index (χ4n) is 3.98. The Morgan fingerprint density at radius 1 is 1.03 bits per heavy atom. The molecule has 31 heavy (non-hydrogen) atoms. The minimum Gasteiger partial charge on any atom is -0.468 e. The van der Waals surface area contributed by atoms with Gasteiger partial charge in [-0.2, -0.15) is 0 Å². The van der Waals surface area contributed by atoms with E-state index >= 15 is 0 Å². The van der Waals surface area contributed by atoms with Crippen LogP contribution < -0.4 is 5.32 Å². The lowest BCUT2D eigenvalue weighted by atomic mass is 9.92. The number of rotatable bonds is 7. The van der Waals surface area contributed by atoms with Crippen molar-refractivity contribution in [3.63, 3.8) is 0 Å². The second kappa shape index (κ2) is 9.14. The number of aromatic nitrogens is 1. The first kappa shape index (κ1) is 20.8. The fourth-order valence-corrected chi connectivity index (χ4v) is 3.98. The summed E-state index contributed by atoms with van der Waals surface area (Å²) in [5, 5.41) is 4.15. The van der Waals surface area contributed by atoms with Gasteiger partial charge in [-0.3, -0.25) is 14.7 Å². The van der Waals surface area contributed by atoms with E-state index in [1.54, 1.807) is 6.26 Å². The SMILES string of the molecule is Cc1nc2ccccc2c(-c2ccccc2)c1CC(=O)NCC(c1ccco1)N(C)C. The van der Waals surface area contributed by atoms with E-state index in [0.717, 1.165) is 39.0 Å². The first-order chi connectivity index (χ1) is 15.0. The van der Waals surface area contributed by atoms with Crippen LogP contribution in [0, 0.1) is 6.92 Å². The van der Waals surface area contributed by atoms with E-state index in [2.05, 4.69) is 23.5 Å². The molecule has 1 N–H and O–H groups in total. The molecule has 2 aromatic carbocycles. The van der Waals surface area contributed by atoms with Crippen LogP contribution in [0.4, 0.5) is 0 Å². The molecule has 1 amide bonds. The molecule has 158 valence electrons. The Kier molecular flexibility index (Phi) is 6.14. The molecular formula is C26H27N3O2. The van der Waals surface area contributed by atoms with Crippen molar-refractivity contribution in [1.82, 2.24) is 15.2 Å².